The molecule has 0 bridgehead atoms. The molecule has 0 unspecified atom stereocenters. The molecule has 0 atom stereocenters. The van der Waals surface area contributed by atoms with Crippen LogP contribution in [0.15, 0.2) is 0 Å². The van der Waals surface area contributed by atoms with Crippen LogP contribution in [-0.4, -0.2) is 59.0 Å². The Kier molecular flexibility index (Phi) is 9.98. The van der Waals surface area contributed by atoms with Gasteiger partial charge >= 0.3 is 11.0 Å². The maximum absolute atomic E-state index is 11.4. The SMILES string of the molecule is CCCC[N+](C)(CC)CC.O=S(=O)([N-]S(=O)(=O)C(F)(F)F)C(F)(F)F. The summed E-state index contributed by atoms with van der Waals surface area (Å²) in [5.41, 5.74) is -12.4. The summed E-state index contributed by atoms with van der Waals surface area (Å²) < 4.78 is 110. The van der Waals surface area contributed by atoms with Crippen LogP contribution in [0.1, 0.15) is 33.6 Å². The van der Waals surface area contributed by atoms with Gasteiger partial charge in [0.15, 0.2) is 20.0 Å². The van der Waals surface area contributed by atoms with Gasteiger partial charge < -0.3 is 8.61 Å². The van der Waals surface area contributed by atoms with Crippen LogP contribution in [0.5, 0.6) is 0 Å². The number of hydrogen-bond donors (Lipinski definition) is 0. The van der Waals surface area contributed by atoms with Crippen LogP contribution in [0.3, 0.4) is 0 Å². The van der Waals surface area contributed by atoms with Gasteiger partial charge in [-0.3, -0.25) is 0 Å². The molecule has 0 radical (unpaired) electrons. The van der Waals surface area contributed by atoms with Crippen molar-refractivity contribution in [2.45, 2.75) is 44.6 Å². The van der Waals surface area contributed by atoms with Crippen LogP contribution in [0.25, 0.3) is 4.13 Å². The normalized spacial score (nSPS) is 14.0. The molecule has 0 aromatic rings. The summed E-state index contributed by atoms with van der Waals surface area (Å²) in [6.07, 6.45) is 2.70. The van der Waals surface area contributed by atoms with Crippen molar-refractivity contribution in [3.8, 4) is 0 Å². The lowest BCUT2D eigenvalue weighted by molar-refractivity contribution is -0.906. The van der Waals surface area contributed by atoms with Crippen LogP contribution < -0.4 is 0 Å². The zero-order valence-corrected chi connectivity index (χ0v) is 15.8. The minimum Gasteiger partial charge on any atom is -0.421 e. The highest BCUT2D eigenvalue weighted by atomic mass is 32.3. The zero-order chi connectivity index (χ0) is 20.7. The van der Waals surface area contributed by atoms with E-state index >= 15 is 0 Å². The molecule has 0 saturated heterocycles. The maximum Gasteiger partial charge on any atom is 0.480 e. The number of unbranched alkanes of at least 4 members (excludes halogenated alkanes) is 1. The Labute approximate surface area is 143 Å². The Bertz CT molecular complexity index is 553. The third-order valence-electron chi connectivity index (χ3n) is 3.36. The fourth-order valence-corrected chi connectivity index (χ4v) is 3.00. The molecule has 0 heterocycles. The molecule has 14 heteroatoms. The second kappa shape index (κ2) is 9.37. The molecule has 6 nitrogen and oxygen atoms in total. The van der Waals surface area contributed by atoms with Gasteiger partial charge in [0.05, 0.1) is 26.7 Å². The van der Waals surface area contributed by atoms with Gasteiger partial charge in [-0.25, -0.2) is 16.8 Å². The third kappa shape index (κ3) is 9.06. The Morgan fingerprint density at radius 2 is 1.12 bits per heavy atom. The van der Waals surface area contributed by atoms with Crippen LogP contribution in [0.4, 0.5) is 26.3 Å². The molecule has 0 spiro atoms. The molecule has 0 N–H and O–H groups in total. The molecular weight excluding hydrogens is 402 g/mol. The lowest BCUT2D eigenvalue weighted by atomic mass is 10.3. The highest BCUT2D eigenvalue weighted by molar-refractivity contribution is 8.13. The monoisotopic (exact) mass is 424 g/mol. The van der Waals surface area contributed by atoms with E-state index in [1.165, 1.54) is 37.0 Å². The van der Waals surface area contributed by atoms with Crippen molar-refractivity contribution in [2.75, 3.05) is 26.7 Å². The number of sulfonamides is 2. The van der Waals surface area contributed by atoms with E-state index in [9.17, 15) is 43.2 Å². The number of hydrogen-bond acceptors (Lipinski definition) is 4. The number of rotatable bonds is 7. The average Bonchev–Trinajstić information content (AvgIpc) is 2.42. The molecule has 0 aliphatic carbocycles. The van der Waals surface area contributed by atoms with E-state index in [0.29, 0.717) is 0 Å². The molecule has 0 aliphatic rings. The maximum atomic E-state index is 11.4. The molecule has 0 fully saturated rings. The summed E-state index contributed by atoms with van der Waals surface area (Å²) >= 11 is 0. The summed E-state index contributed by atoms with van der Waals surface area (Å²) in [6, 6.07) is 0. The average molecular weight is 424 g/mol. The molecule has 0 aromatic carbocycles. The van der Waals surface area contributed by atoms with Crippen molar-refractivity contribution in [2.24, 2.45) is 0 Å². The molecule has 154 valence electrons. The van der Waals surface area contributed by atoms with Crippen molar-refractivity contribution >= 4 is 20.0 Å². The molecule has 0 amide bonds. The van der Waals surface area contributed by atoms with Crippen LogP contribution in [0.2, 0.25) is 0 Å². The third-order valence-corrected chi connectivity index (χ3v) is 6.10. The first kappa shape index (κ1) is 26.6. The minimum absolute atomic E-state index is 0.778. The number of quaternary nitrogens is 1. The van der Waals surface area contributed by atoms with E-state index in [4.69, 9.17) is 0 Å². The largest absolute Gasteiger partial charge is 0.480 e. The summed E-state index contributed by atoms with van der Waals surface area (Å²) in [5.74, 6) is 0. The van der Waals surface area contributed by atoms with E-state index in [-0.39, 0.29) is 0 Å². The predicted octanol–water partition coefficient (Wildman–Crippen LogP) is 3.33. The Hall–Kier alpha value is -0.600. The number of nitrogens with zero attached hydrogens (tertiary/aromatic N) is 2. The second-order valence-electron chi connectivity index (χ2n) is 5.25. The molecular formula is C11H22F6N2O4S2. The van der Waals surface area contributed by atoms with Gasteiger partial charge in [0.1, 0.15) is 0 Å². The number of halogens is 6. The van der Waals surface area contributed by atoms with Crippen LogP contribution in [0, 0.1) is 0 Å². The van der Waals surface area contributed by atoms with Gasteiger partial charge in [-0.1, -0.05) is 13.3 Å². The summed E-state index contributed by atoms with van der Waals surface area (Å²) in [7, 11) is -11.1. The van der Waals surface area contributed by atoms with Gasteiger partial charge in [-0.2, -0.15) is 26.3 Å². The summed E-state index contributed by atoms with van der Waals surface area (Å²) in [6.45, 7) is 10.7. The van der Waals surface area contributed by atoms with Gasteiger partial charge in [-0.15, -0.1) is 0 Å². The van der Waals surface area contributed by atoms with E-state index in [1.54, 1.807) is 0 Å². The predicted molar refractivity (Wildman–Crippen MR) is 80.4 cm³/mol. The minimum atomic E-state index is -6.72. The topological polar surface area (TPSA) is 82.4 Å². The Morgan fingerprint density at radius 3 is 1.32 bits per heavy atom. The van der Waals surface area contributed by atoms with E-state index < -0.39 is 31.1 Å². The highest BCUT2D eigenvalue weighted by Gasteiger charge is 2.46. The van der Waals surface area contributed by atoms with Crippen LogP contribution >= 0.6 is 0 Å². The summed E-state index contributed by atoms with van der Waals surface area (Å²) in [5, 5.41) is 0. The van der Waals surface area contributed by atoms with Crippen molar-refractivity contribution in [1.82, 2.24) is 0 Å². The second-order valence-corrected chi connectivity index (χ2v) is 8.67. The molecule has 0 saturated carbocycles. The van der Waals surface area contributed by atoms with Crippen molar-refractivity contribution in [3.63, 3.8) is 0 Å². The Balaban J connectivity index is 0. The number of alkyl halides is 6. The van der Waals surface area contributed by atoms with Gasteiger partial charge in [0.25, 0.3) is 0 Å². The first-order valence-corrected chi connectivity index (χ1v) is 9.97. The fourth-order valence-electron chi connectivity index (χ4n) is 1.29. The van der Waals surface area contributed by atoms with Gasteiger partial charge in [0.2, 0.25) is 0 Å². The fraction of sp³-hybridized carbons (Fsp3) is 1.00. The summed E-state index contributed by atoms with van der Waals surface area (Å²) in [4.78, 5) is 0. The van der Waals surface area contributed by atoms with Crippen molar-refractivity contribution in [1.29, 1.82) is 0 Å². The van der Waals surface area contributed by atoms with Gasteiger partial charge in [0, 0.05) is 0 Å². The van der Waals surface area contributed by atoms with E-state index in [0.717, 1.165) is 4.13 Å². The first-order valence-electron chi connectivity index (χ1n) is 7.09. The standard InChI is InChI=1S/C9H22N.C2F6NO4S2/c1-5-8-9-10(4,6-2)7-3;3-1(4,5)14(10,11)9-15(12,13)2(6,7)8/h5-9H2,1-4H3;/q+1;-1. The van der Waals surface area contributed by atoms with E-state index in [1.807, 2.05) is 0 Å². The zero-order valence-electron chi connectivity index (χ0n) is 14.1. The lowest BCUT2D eigenvalue weighted by Gasteiger charge is -2.31. The molecule has 0 aliphatic heterocycles. The Morgan fingerprint density at radius 1 is 0.800 bits per heavy atom. The first-order chi connectivity index (χ1) is 10.9. The van der Waals surface area contributed by atoms with Crippen molar-refractivity contribution in [3.05, 3.63) is 4.13 Å². The van der Waals surface area contributed by atoms with Crippen molar-refractivity contribution < 1.29 is 47.7 Å². The van der Waals surface area contributed by atoms with E-state index in [2.05, 4.69) is 27.8 Å². The smallest absolute Gasteiger partial charge is 0.421 e. The molecule has 25 heavy (non-hydrogen) atoms. The lowest BCUT2D eigenvalue weighted by Crippen LogP contribution is -2.44. The van der Waals surface area contributed by atoms with Crippen LogP contribution in [-0.2, 0) is 20.0 Å². The van der Waals surface area contributed by atoms with Gasteiger partial charge in [-0.05, 0) is 20.3 Å². The molecule has 0 rings (SSSR count). The highest BCUT2D eigenvalue weighted by Crippen LogP contribution is 2.36. The molecule has 0 aromatic heterocycles. The quantitative estimate of drug-likeness (QED) is 0.464.